The van der Waals surface area contributed by atoms with Crippen molar-refractivity contribution in [2.75, 3.05) is 0 Å². The Kier molecular flexibility index (Phi) is 6.85. The van der Waals surface area contributed by atoms with Gasteiger partial charge in [-0.3, -0.25) is 25.0 Å². The Labute approximate surface area is 203 Å². The van der Waals surface area contributed by atoms with Crippen LogP contribution in [0.2, 0.25) is 0 Å². The molecular weight excluding hydrogens is 478 g/mol. The Morgan fingerprint density at radius 1 is 1.09 bits per heavy atom. The number of aliphatic hydroxyl groups excluding tert-OH is 1. The molecule has 182 valence electrons. The maximum absolute atomic E-state index is 13.0. The van der Waals surface area contributed by atoms with Crippen molar-refractivity contribution in [2.24, 2.45) is 5.92 Å². The highest BCUT2D eigenvalue weighted by molar-refractivity contribution is 8.02. The first-order valence-corrected chi connectivity index (χ1v) is 11.7. The Hall–Kier alpha value is -3.77. The average Bonchev–Trinajstić information content (AvgIpc) is 3.15. The summed E-state index contributed by atoms with van der Waals surface area (Å²) in [6, 6.07) is 11.3. The smallest absolute Gasteiger partial charge is 0.356 e. The van der Waals surface area contributed by atoms with Crippen LogP contribution < -0.4 is 0 Å². The Morgan fingerprint density at radius 3 is 2.14 bits per heavy atom. The van der Waals surface area contributed by atoms with Crippen LogP contribution in [0.15, 0.2) is 59.1 Å². The molecule has 2 aromatic rings. The van der Waals surface area contributed by atoms with Crippen LogP contribution in [-0.4, -0.2) is 43.9 Å². The Morgan fingerprint density at radius 2 is 1.63 bits per heavy atom. The highest BCUT2D eigenvalue weighted by Crippen LogP contribution is 2.48. The number of carbonyl (C=O) groups excluding carboxylic acids is 2. The quantitative estimate of drug-likeness (QED) is 0.237. The third-order valence-electron chi connectivity index (χ3n) is 5.96. The number of ether oxygens (including phenoxy) is 1. The second kappa shape index (κ2) is 9.84. The van der Waals surface area contributed by atoms with E-state index in [1.807, 2.05) is 0 Å². The van der Waals surface area contributed by atoms with Crippen LogP contribution in [0.4, 0.5) is 11.4 Å². The maximum Gasteiger partial charge on any atom is 0.356 e. The number of nitrogens with zero attached hydrogens (tertiary/aromatic N) is 3. The molecule has 1 amide bonds. The number of aliphatic hydroxyl groups is 1. The van der Waals surface area contributed by atoms with Crippen molar-refractivity contribution >= 4 is 35.0 Å². The van der Waals surface area contributed by atoms with E-state index in [-0.39, 0.29) is 35.6 Å². The Bertz CT molecular complexity index is 1210. The molecule has 1 N–H and O–H groups in total. The van der Waals surface area contributed by atoms with Gasteiger partial charge in [0.2, 0.25) is 5.91 Å². The Balaban J connectivity index is 1.50. The van der Waals surface area contributed by atoms with Gasteiger partial charge in [0.15, 0.2) is 0 Å². The molecule has 11 nitrogen and oxygen atoms in total. The number of rotatable bonds is 9. The molecule has 0 aliphatic carbocycles. The summed E-state index contributed by atoms with van der Waals surface area (Å²) >= 11 is 1.34. The highest BCUT2D eigenvalue weighted by atomic mass is 32.2. The number of β-lactam (4-membered cyclic amide) rings is 1. The van der Waals surface area contributed by atoms with Crippen molar-refractivity contribution in [1.29, 1.82) is 0 Å². The third kappa shape index (κ3) is 4.88. The number of esters is 1. The molecule has 0 spiro atoms. The summed E-state index contributed by atoms with van der Waals surface area (Å²) in [5, 5.41) is 31.7. The van der Waals surface area contributed by atoms with Crippen LogP contribution in [0.1, 0.15) is 24.5 Å². The van der Waals surface area contributed by atoms with Gasteiger partial charge in [-0.2, -0.15) is 0 Å². The molecule has 3 atom stereocenters. The minimum absolute atomic E-state index is 0.0242. The number of hydrogen-bond acceptors (Lipinski definition) is 9. The molecule has 0 unspecified atom stereocenters. The number of fused-ring (bicyclic) bond motifs is 1. The lowest BCUT2D eigenvalue weighted by atomic mass is 9.83. The summed E-state index contributed by atoms with van der Waals surface area (Å²) in [6.45, 7) is 1.40. The lowest BCUT2D eigenvalue weighted by Crippen LogP contribution is -2.61. The molecule has 12 heteroatoms. The number of nitro groups is 2. The lowest BCUT2D eigenvalue weighted by molar-refractivity contribution is -0.385. The summed E-state index contributed by atoms with van der Waals surface area (Å²) in [5.41, 5.74) is 1.38. The van der Waals surface area contributed by atoms with Crippen molar-refractivity contribution in [1.82, 2.24) is 4.90 Å². The number of nitro benzene ring substituents is 2. The minimum Gasteiger partial charge on any atom is -0.456 e. The maximum atomic E-state index is 13.0. The number of amides is 1. The minimum atomic E-state index is -0.861. The molecule has 2 aromatic carbocycles. The van der Waals surface area contributed by atoms with Crippen LogP contribution in [0, 0.1) is 26.1 Å². The van der Waals surface area contributed by atoms with E-state index in [1.165, 1.54) is 60.0 Å². The van der Waals surface area contributed by atoms with E-state index >= 15 is 0 Å². The largest absolute Gasteiger partial charge is 0.456 e. The van der Waals surface area contributed by atoms with Gasteiger partial charge in [-0.05, 0) is 30.2 Å². The molecular formula is C23H21N3O8S. The second-order valence-electron chi connectivity index (χ2n) is 8.23. The zero-order valence-electron chi connectivity index (χ0n) is 18.5. The topological polar surface area (TPSA) is 153 Å². The fourth-order valence-corrected chi connectivity index (χ4v) is 5.31. The molecule has 2 heterocycles. The molecule has 2 aliphatic rings. The monoisotopic (exact) mass is 499 g/mol. The molecule has 0 bridgehead atoms. The van der Waals surface area contributed by atoms with Crippen LogP contribution in [0.3, 0.4) is 0 Å². The zero-order valence-corrected chi connectivity index (χ0v) is 19.3. The van der Waals surface area contributed by atoms with Crippen molar-refractivity contribution in [2.45, 2.75) is 37.9 Å². The summed E-state index contributed by atoms with van der Waals surface area (Å²) in [7, 11) is 0. The van der Waals surface area contributed by atoms with Gasteiger partial charge in [0, 0.05) is 41.3 Å². The number of thioether (sulfide) groups is 1. The van der Waals surface area contributed by atoms with Crippen molar-refractivity contribution in [3.8, 4) is 0 Å². The van der Waals surface area contributed by atoms with Crippen LogP contribution in [0.5, 0.6) is 0 Å². The van der Waals surface area contributed by atoms with Gasteiger partial charge < -0.3 is 14.7 Å². The molecule has 35 heavy (non-hydrogen) atoms. The molecule has 1 fully saturated rings. The van der Waals surface area contributed by atoms with Gasteiger partial charge in [0.05, 0.1) is 27.9 Å². The summed E-state index contributed by atoms with van der Waals surface area (Å²) in [4.78, 5) is 48.4. The first-order chi connectivity index (χ1) is 16.7. The molecule has 4 rings (SSSR count). The van der Waals surface area contributed by atoms with Gasteiger partial charge in [-0.1, -0.05) is 12.1 Å². The summed E-state index contributed by atoms with van der Waals surface area (Å²) in [5.74, 6) is -1.24. The van der Waals surface area contributed by atoms with Crippen molar-refractivity contribution in [3.05, 3.63) is 90.5 Å². The van der Waals surface area contributed by atoms with Crippen molar-refractivity contribution < 1.29 is 29.3 Å². The van der Waals surface area contributed by atoms with E-state index in [1.54, 1.807) is 12.1 Å². The predicted octanol–water partition coefficient (Wildman–Crippen LogP) is 3.30. The predicted molar refractivity (Wildman–Crippen MR) is 125 cm³/mol. The van der Waals surface area contributed by atoms with Gasteiger partial charge in [0.25, 0.3) is 11.4 Å². The van der Waals surface area contributed by atoms with E-state index in [9.17, 15) is 34.9 Å². The fourth-order valence-electron chi connectivity index (χ4n) is 4.17. The van der Waals surface area contributed by atoms with Crippen LogP contribution >= 0.6 is 11.8 Å². The van der Waals surface area contributed by atoms with Gasteiger partial charge in [0.1, 0.15) is 12.3 Å². The molecule has 0 aromatic heterocycles. The zero-order chi connectivity index (χ0) is 25.3. The standard InChI is InChI=1S/C23H21N3O8S/c1-13(27)20-18-10-19(35-12-15-4-8-17(9-5-15)26(32)33)21(24(18)22(20)28)23(29)34-11-14-2-6-16(7-3-14)25(30)31/h2-9,13,18,20,27H,10-12H2,1H3/t13-,18+,20+/m0/s1. The molecule has 2 aliphatic heterocycles. The van der Waals surface area contributed by atoms with Gasteiger partial charge in [-0.15, -0.1) is 11.8 Å². The van der Waals surface area contributed by atoms with Gasteiger partial charge >= 0.3 is 5.97 Å². The van der Waals surface area contributed by atoms with Crippen LogP contribution in [0.25, 0.3) is 0 Å². The molecule has 1 saturated heterocycles. The van der Waals surface area contributed by atoms with E-state index in [0.29, 0.717) is 22.6 Å². The normalized spacial score (nSPS) is 19.7. The molecule has 0 radical (unpaired) electrons. The van der Waals surface area contributed by atoms with E-state index in [4.69, 9.17) is 4.74 Å². The lowest BCUT2D eigenvalue weighted by Gasteiger charge is -2.44. The third-order valence-corrected chi connectivity index (χ3v) is 7.14. The number of carbonyl (C=O) groups is 2. The second-order valence-corrected chi connectivity index (χ2v) is 9.30. The van der Waals surface area contributed by atoms with E-state index < -0.39 is 27.8 Å². The fraction of sp³-hybridized carbons (Fsp3) is 0.304. The number of benzene rings is 2. The average molecular weight is 500 g/mol. The van der Waals surface area contributed by atoms with Gasteiger partial charge in [-0.25, -0.2) is 4.79 Å². The van der Waals surface area contributed by atoms with E-state index in [2.05, 4.69) is 0 Å². The summed E-state index contributed by atoms with van der Waals surface area (Å²) in [6.07, 6.45) is -0.471. The first kappa shape index (κ1) is 24.4. The van der Waals surface area contributed by atoms with E-state index in [0.717, 1.165) is 5.56 Å². The highest BCUT2D eigenvalue weighted by Gasteiger charge is 2.57. The SMILES string of the molecule is C[C@H](O)[C@H]1C(=O)N2C(C(=O)OCc3ccc([N+](=O)[O-])cc3)=C(SCc3ccc([N+](=O)[O-])cc3)C[C@H]12. The van der Waals surface area contributed by atoms with Crippen molar-refractivity contribution in [3.63, 3.8) is 0 Å². The summed E-state index contributed by atoms with van der Waals surface area (Å²) < 4.78 is 5.42. The number of hydrogen-bond donors (Lipinski definition) is 1. The molecule has 0 saturated carbocycles. The number of non-ortho nitro benzene ring substituents is 2. The van der Waals surface area contributed by atoms with Crippen LogP contribution in [-0.2, 0) is 26.7 Å². The first-order valence-electron chi connectivity index (χ1n) is 10.7.